The Bertz CT molecular complexity index is 1170. The van der Waals surface area contributed by atoms with Crippen molar-refractivity contribution in [2.75, 3.05) is 46.9 Å². The number of ether oxygens (including phenoxy) is 2. The summed E-state index contributed by atoms with van der Waals surface area (Å²) in [7, 11) is 3.40. The third-order valence-electron chi connectivity index (χ3n) is 8.41. The van der Waals surface area contributed by atoms with Crippen LogP contribution in [-0.4, -0.2) is 62.7 Å². The molecule has 0 N–H and O–H groups in total. The maximum atomic E-state index is 13.4. The molecule has 2 aliphatic rings. The van der Waals surface area contributed by atoms with Crippen LogP contribution in [0.15, 0.2) is 78.9 Å². The smallest absolute Gasteiger partial charge is 0.227 e. The molecule has 0 saturated carbocycles. The number of benzene rings is 3. The van der Waals surface area contributed by atoms with E-state index in [1.54, 1.807) is 14.2 Å². The minimum Gasteiger partial charge on any atom is -0.497 e. The summed E-state index contributed by atoms with van der Waals surface area (Å²) in [4.78, 5) is 18.1. The molecule has 2 saturated heterocycles. The Hall–Kier alpha value is -3.31. The van der Waals surface area contributed by atoms with E-state index in [2.05, 4.69) is 52.3 Å². The first-order valence-electron chi connectivity index (χ1n) is 13.9. The van der Waals surface area contributed by atoms with E-state index in [0.717, 1.165) is 55.7 Å². The number of nitrogens with zero attached hydrogens (tertiary/aromatic N) is 2. The van der Waals surface area contributed by atoms with E-state index in [-0.39, 0.29) is 11.8 Å². The van der Waals surface area contributed by atoms with Crippen molar-refractivity contribution in [1.82, 2.24) is 9.80 Å². The first-order valence-corrected chi connectivity index (χ1v) is 13.9. The van der Waals surface area contributed by atoms with Crippen molar-refractivity contribution >= 4 is 5.91 Å². The molecule has 0 bridgehead atoms. The average molecular weight is 513 g/mol. The molecule has 2 heterocycles. The van der Waals surface area contributed by atoms with Crippen LogP contribution in [0.1, 0.15) is 35.4 Å². The van der Waals surface area contributed by atoms with Gasteiger partial charge in [-0.05, 0) is 79.1 Å². The number of amides is 1. The van der Waals surface area contributed by atoms with Gasteiger partial charge in [-0.3, -0.25) is 4.79 Å². The van der Waals surface area contributed by atoms with Gasteiger partial charge < -0.3 is 19.3 Å². The highest BCUT2D eigenvalue weighted by Crippen LogP contribution is 2.38. The summed E-state index contributed by atoms with van der Waals surface area (Å²) in [6.07, 6.45) is 4.07. The van der Waals surface area contributed by atoms with Crippen LogP contribution < -0.4 is 9.47 Å². The number of likely N-dealkylation sites (tertiary alicyclic amines) is 2. The molecule has 5 nitrogen and oxygen atoms in total. The number of hydrogen-bond donors (Lipinski definition) is 0. The fourth-order valence-corrected chi connectivity index (χ4v) is 6.27. The molecule has 2 fully saturated rings. The Morgan fingerprint density at radius 1 is 0.816 bits per heavy atom. The summed E-state index contributed by atoms with van der Waals surface area (Å²) in [5, 5.41) is 0. The molecule has 0 aromatic heterocycles. The summed E-state index contributed by atoms with van der Waals surface area (Å²) in [6, 6.07) is 27.0. The number of para-hydroxylation sites is 1. The first-order chi connectivity index (χ1) is 18.6. The Balaban J connectivity index is 1.25. The van der Waals surface area contributed by atoms with Crippen LogP contribution in [0.2, 0.25) is 0 Å². The molecule has 3 aromatic carbocycles. The van der Waals surface area contributed by atoms with Crippen LogP contribution in [-0.2, 0) is 17.6 Å². The van der Waals surface area contributed by atoms with Gasteiger partial charge >= 0.3 is 0 Å². The van der Waals surface area contributed by atoms with E-state index in [9.17, 15) is 4.79 Å². The van der Waals surface area contributed by atoms with Crippen molar-refractivity contribution in [2.45, 2.75) is 31.6 Å². The lowest BCUT2D eigenvalue weighted by Gasteiger charge is -2.35. The zero-order chi connectivity index (χ0) is 26.3. The van der Waals surface area contributed by atoms with Crippen molar-refractivity contribution in [2.24, 2.45) is 11.8 Å². The van der Waals surface area contributed by atoms with Crippen molar-refractivity contribution in [3.05, 3.63) is 95.6 Å². The Kier molecular flexibility index (Phi) is 8.65. The van der Waals surface area contributed by atoms with Crippen molar-refractivity contribution < 1.29 is 14.3 Å². The van der Waals surface area contributed by atoms with Crippen molar-refractivity contribution in [3.63, 3.8) is 0 Å². The largest absolute Gasteiger partial charge is 0.497 e. The summed E-state index contributed by atoms with van der Waals surface area (Å²) < 4.78 is 11.0. The molecule has 0 aliphatic carbocycles. The maximum Gasteiger partial charge on any atom is 0.227 e. The van der Waals surface area contributed by atoms with E-state index >= 15 is 0 Å². The van der Waals surface area contributed by atoms with Crippen LogP contribution in [0, 0.1) is 11.8 Å². The van der Waals surface area contributed by atoms with Gasteiger partial charge in [0.05, 0.1) is 20.6 Å². The quantitative estimate of drug-likeness (QED) is 0.383. The topological polar surface area (TPSA) is 42.0 Å². The van der Waals surface area contributed by atoms with Gasteiger partial charge in [-0.25, -0.2) is 0 Å². The van der Waals surface area contributed by atoms with E-state index in [0.29, 0.717) is 12.3 Å². The predicted octanol–water partition coefficient (Wildman–Crippen LogP) is 5.44. The van der Waals surface area contributed by atoms with Crippen LogP contribution >= 0.6 is 0 Å². The van der Waals surface area contributed by atoms with Crippen LogP contribution in [0.25, 0.3) is 0 Å². The fraction of sp³-hybridized carbons (Fsp3) is 0.424. The molecule has 5 heteroatoms. The fourth-order valence-electron chi connectivity index (χ4n) is 6.27. The standard InChI is InChI=1S/C33H40N2O3/c1-37-29-14-12-26(13-15-29)21-33(36)35-23-28(31(24-35)30-10-6-7-11-32(30)38-2)22-34-18-16-27(17-19-34)20-25-8-4-3-5-9-25/h3-15,27-28,31H,16-24H2,1-2H3. The van der Waals surface area contributed by atoms with Gasteiger partial charge in [0, 0.05) is 25.6 Å². The molecule has 2 atom stereocenters. The predicted molar refractivity (Wildman–Crippen MR) is 152 cm³/mol. The molecule has 38 heavy (non-hydrogen) atoms. The lowest BCUT2D eigenvalue weighted by molar-refractivity contribution is -0.129. The molecule has 2 unspecified atom stereocenters. The van der Waals surface area contributed by atoms with Gasteiger partial charge in [0.2, 0.25) is 5.91 Å². The second-order valence-corrected chi connectivity index (χ2v) is 10.9. The second-order valence-electron chi connectivity index (χ2n) is 10.9. The minimum atomic E-state index is 0.194. The normalized spacial score (nSPS) is 20.4. The van der Waals surface area contributed by atoms with Gasteiger partial charge in [0.15, 0.2) is 0 Å². The Morgan fingerprint density at radius 3 is 2.24 bits per heavy atom. The number of methoxy groups -OCH3 is 2. The molecule has 0 spiro atoms. The van der Waals surface area contributed by atoms with Crippen molar-refractivity contribution in [1.29, 1.82) is 0 Å². The Morgan fingerprint density at radius 2 is 1.53 bits per heavy atom. The van der Waals surface area contributed by atoms with E-state index in [4.69, 9.17) is 9.47 Å². The minimum absolute atomic E-state index is 0.194. The molecular formula is C33H40N2O3. The average Bonchev–Trinajstić information content (AvgIpc) is 3.38. The zero-order valence-electron chi connectivity index (χ0n) is 22.7. The van der Waals surface area contributed by atoms with Gasteiger partial charge in [-0.15, -0.1) is 0 Å². The molecule has 1 amide bonds. The lowest BCUT2D eigenvalue weighted by Crippen LogP contribution is -2.39. The first kappa shape index (κ1) is 26.3. The van der Waals surface area contributed by atoms with Gasteiger partial charge in [0.1, 0.15) is 11.5 Å². The summed E-state index contributed by atoms with van der Waals surface area (Å²) in [6.45, 7) is 4.82. The SMILES string of the molecule is COc1ccc(CC(=O)N2CC(CN3CCC(Cc4ccccc4)CC3)C(c3ccccc3OC)C2)cc1. The maximum absolute atomic E-state index is 13.4. The monoisotopic (exact) mass is 512 g/mol. The van der Waals surface area contributed by atoms with Crippen LogP contribution in [0.3, 0.4) is 0 Å². The summed E-state index contributed by atoms with van der Waals surface area (Å²) >= 11 is 0. The molecule has 3 aromatic rings. The Labute approximate surface area is 227 Å². The van der Waals surface area contributed by atoms with Gasteiger partial charge in [0.25, 0.3) is 0 Å². The second kappa shape index (κ2) is 12.5. The van der Waals surface area contributed by atoms with E-state index in [1.807, 2.05) is 36.4 Å². The zero-order valence-corrected chi connectivity index (χ0v) is 22.7. The number of carbonyl (C=O) groups excluding carboxylic acids is 1. The highest BCUT2D eigenvalue weighted by molar-refractivity contribution is 5.79. The van der Waals surface area contributed by atoms with Crippen LogP contribution in [0.5, 0.6) is 11.5 Å². The summed E-state index contributed by atoms with van der Waals surface area (Å²) in [5.41, 5.74) is 3.69. The van der Waals surface area contributed by atoms with E-state index in [1.165, 1.54) is 30.4 Å². The molecule has 2 aliphatic heterocycles. The van der Waals surface area contributed by atoms with Crippen LogP contribution in [0.4, 0.5) is 0 Å². The van der Waals surface area contributed by atoms with Crippen molar-refractivity contribution in [3.8, 4) is 11.5 Å². The van der Waals surface area contributed by atoms with E-state index < -0.39 is 0 Å². The summed E-state index contributed by atoms with van der Waals surface area (Å²) in [5.74, 6) is 3.34. The van der Waals surface area contributed by atoms with Gasteiger partial charge in [-0.1, -0.05) is 60.7 Å². The molecular weight excluding hydrogens is 472 g/mol. The lowest BCUT2D eigenvalue weighted by atomic mass is 9.86. The highest BCUT2D eigenvalue weighted by atomic mass is 16.5. The molecule has 200 valence electrons. The van der Waals surface area contributed by atoms with Gasteiger partial charge in [-0.2, -0.15) is 0 Å². The molecule has 0 radical (unpaired) electrons. The number of hydrogen-bond acceptors (Lipinski definition) is 4. The highest BCUT2D eigenvalue weighted by Gasteiger charge is 2.38. The number of piperidine rings is 1. The number of rotatable bonds is 9. The number of carbonyl (C=O) groups is 1. The third-order valence-corrected chi connectivity index (χ3v) is 8.41. The third kappa shape index (κ3) is 6.39. The molecule has 5 rings (SSSR count).